The van der Waals surface area contributed by atoms with E-state index in [-0.39, 0.29) is 25.2 Å². The number of rotatable bonds is 46. The molecule has 362 valence electrons. The van der Waals surface area contributed by atoms with Gasteiger partial charge in [0.15, 0.2) is 6.10 Å². The van der Waals surface area contributed by atoms with Crippen molar-refractivity contribution < 1.29 is 24.2 Å². The van der Waals surface area contributed by atoms with Gasteiger partial charge in [-0.15, -0.1) is 0 Å². The van der Waals surface area contributed by atoms with Gasteiger partial charge in [0.1, 0.15) is 6.61 Å². The van der Waals surface area contributed by atoms with E-state index in [0.29, 0.717) is 12.8 Å². The van der Waals surface area contributed by atoms with Gasteiger partial charge < -0.3 is 14.6 Å². The number of hydrogen-bond donors (Lipinski definition) is 1. The molecular formula is C59H96O5. The second-order valence-corrected chi connectivity index (χ2v) is 16.9. The first-order valence-electron chi connectivity index (χ1n) is 26.1. The van der Waals surface area contributed by atoms with Crippen LogP contribution in [0.1, 0.15) is 219 Å². The lowest BCUT2D eigenvalue weighted by molar-refractivity contribution is -0.161. The summed E-state index contributed by atoms with van der Waals surface area (Å²) in [5, 5.41) is 9.62. The average Bonchev–Trinajstić information content (AvgIpc) is 3.30. The summed E-state index contributed by atoms with van der Waals surface area (Å²) < 4.78 is 10.7. The minimum absolute atomic E-state index is 0.0828. The Labute approximate surface area is 394 Å². The van der Waals surface area contributed by atoms with Gasteiger partial charge in [0.05, 0.1) is 6.61 Å². The van der Waals surface area contributed by atoms with Crippen LogP contribution in [0.4, 0.5) is 0 Å². The van der Waals surface area contributed by atoms with Crippen LogP contribution in [0.5, 0.6) is 0 Å². The molecule has 1 atom stereocenters. The van der Waals surface area contributed by atoms with Crippen molar-refractivity contribution in [3.05, 3.63) is 122 Å². The molecule has 0 aromatic rings. The molecule has 0 fully saturated rings. The number of hydrogen-bond acceptors (Lipinski definition) is 5. The van der Waals surface area contributed by atoms with E-state index in [1.165, 1.54) is 77.0 Å². The van der Waals surface area contributed by atoms with E-state index in [2.05, 4.69) is 135 Å². The monoisotopic (exact) mass is 885 g/mol. The molecule has 1 unspecified atom stereocenters. The lowest BCUT2D eigenvalue weighted by Crippen LogP contribution is -2.28. The number of aliphatic hydroxyl groups excluding tert-OH is 1. The van der Waals surface area contributed by atoms with Crippen molar-refractivity contribution in [1.82, 2.24) is 0 Å². The van der Waals surface area contributed by atoms with E-state index in [0.717, 1.165) is 116 Å². The molecule has 5 nitrogen and oxygen atoms in total. The predicted octanol–water partition coefficient (Wildman–Crippen LogP) is 17.5. The second kappa shape index (κ2) is 53.6. The molecular weight excluding hydrogens is 789 g/mol. The van der Waals surface area contributed by atoms with Crippen molar-refractivity contribution in [1.29, 1.82) is 0 Å². The molecule has 0 amide bonds. The third-order valence-corrected chi connectivity index (χ3v) is 10.7. The van der Waals surface area contributed by atoms with Crippen molar-refractivity contribution >= 4 is 11.9 Å². The molecule has 0 aromatic carbocycles. The molecule has 0 aliphatic heterocycles. The molecule has 0 bridgehead atoms. The van der Waals surface area contributed by atoms with Crippen molar-refractivity contribution in [2.45, 2.75) is 225 Å². The number of esters is 2. The van der Waals surface area contributed by atoms with Gasteiger partial charge in [-0.25, -0.2) is 0 Å². The van der Waals surface area contributed by atoms with Gasteiger partial charge in [0.2, 0.25) is 0 Å². The van der Waals surface area contributed by atoms with Crippen molar-refractivity contribution in [3.8, 4) is 0 Å². The van der Waals surface area contributed by atoms with E-state index in [9.17, 15) is 14.7 Å². The highest BCUT2D eigenvalue weighted by atomic mass is 16.6. The standard InChI is InChI=1S/C59H96O5/c1-3-5-7-9-11-13-15-17-19-21-22-23-24-25-26-27-28-29-30-31-32-33-34-35-36-38-40-42-44-46-48-50-52-54-59(62)64-57(55-60)56-63-58(61)53-51-49-47-45-43-41-39-37-20-18-16-14-12-10-8-6-4-2/h5,7,11,13,17-20,22-23,25-26,28-29,31-32,34-35,38,40,57,60H,3-4,6,8-10,12,14-16,21,24,27,30,33,36-37,39,41-56H2,1-2H3/b7-5-,13-11-,19-17-,20-18-,23-22-,26-25-,29-28-,32-31-,35-34-,40-38-. The number of aliphatic hydroxyl groups is 1. The zero-order valence-electron chi connectivity index (χ0n) is 41.2. The molecule has 1 N–H and O–H groups in total. The predicted molar refractivity (Wildman–Crippen MR) is 278 cm³/mol. The maximum atomic E-state index is 12.3. The zero-order chi connectivity index (χ0) is 46.3. The summed E-state index contributed by atoms with van der Waals surface area (Å²) in [7, 11) is 0. The largest absolute Gasteiger partial charge is 0.462 e. The molecule has 0 saturated carbocycles. The Morgan fingerprint density at radius 2 is 0.672 bits per heavy atom. The minimum atomic E-state index is -0.793. The highest BCUT2D eigenvalue weighted by Crippen LogP contribution is 2.13. The molecule has 0 aliphatic carbocycles. The smallest absolute Gasteiger partial charge is 0.306 e. The Balaban J connectivity index is 3.65. The Bertz CT molecular complexity index is 1320. The van der Waals surface area contributed by atoms with Crippen LogP contribution < -0.4 is 0 Å². The van der Waals surface area contributed by atoms with E-state index in [1.807, 2.05) is 0 Å². The van der Waals surface area contributed by atoms with Crippen LogP contribution in [-0.4, -0.2) is 36.4 Å². The minimum Gasteiger partial charge on any atom is -0.462 e. The van der Waals surface area contributed by atoms with Gasteiger partial charge in [-0.1, -0.05) is 219 Å². The number of carbonyl (C=O) groups is 2. The Morgan fingerprint density at radius 3 is 1.03 bits per heavy atom. The summed E-state index contributed by atoms with van der Waals surface area (Å²) in [5.74, 6) is -0.624. The average molecular weight is 885 g/mol. The topological polar surface area (TPSA) is 72.8 Å². The quantitative estimate of drug-likeness (QED) is 0.0375. The fourth-order valence-corrected chi connectivity index (χ4v) is 6.84. The normalized spacial score (nSPS) is 13.2. The molecule has 0 saturated heterocycles. The summed E-state index contributed by atoms with van der Waals surface area (Å²) in [5.41, 5.74) is 0. The van der Waals surface area contributed by atoms with E-state index in [1.54, 1.807) is 0 Å². The molecule has 64 heavy (non-hydrogen) atoms. The number of allylic oxidation sites excluding steroid dienone is 20. The second-order valence-electron chi connectivity index (χ2n) is 16.9. The molecule has 0 aliphatic rings. The number of ether oxygens (including phenoxy) is 2. The number of carbonyl (C=O) groups excluding carboxylic acids is 2. The highest BCUT2D eigenvalue weighted by molar-refractivity contribution is 5.70. The maximum Gasteiger partial charge on any atom is 0.306 e. The Morgan fingerprint density at radius 1 is 0.375 bits per heavy atom. The van der Waals surface area contributed by atoms with Gasteiger partial charge in [-0.3, -0.25) is 9.59 Å². The van der Waals surface area contributed by atoms with Gasteiger partial charge in [-0.2, -0.15) is 0 Å². The zero-order valence-corrected chi connectivity index (χ0v) is 41.2. The molecule has 0 heterocycles. The fraction of sp³-hybridized carbons (Fsp3) is 0.627. The number of unbranched alkanes of at least 4 members (excludes halogenated alkanes) is 18. The highest BCUT2D eigenvalue weighted by Gasteiger charge is 2.16. The van der Waals surface area contributed by atoms with Gasteiger partial charge in [-0.05, 0) is 109 Å². The summed E-state index contributed by atoms with van der Waals surface area (Å²) in [6.07, 6.45) is 78.6. The molecule has 0 aromatic heterocycles. The van der Waals surface area contributed by atoms with E-state index in [4.69, 9.17) is 9.47 Å². The first kappa shape index (κ1) is 60.3. The van der Waals surface area contributed by atoms with Gasteiger partial charge in [0.25, 0.3) is 0 Å². The fourth-order valence-electron chi connectivity index (χ4n) is 6.84. The van der Waals surface area contributed by atoms with Crippen LogP contribution in [0.3, 0.4) is 0 Å². The molecule has 0 spiro atoms. The molecule has 5 heteroatoms. The molecule has 0 rings (SSSR count). The molecule has 0 radical (unpaired) electrons. The SMILES string of the molecule is CC/C=C\C/C=C\C/C=C\C/C=C\C/C=C\C/C=C\C/C=C\C/C=C\C/C=C\CCCCCCCC(=O)OC(CO)COC(=O)CCCCCCCCC/C=C\CCCCCCCC. The van der Waals surface area contributed by atoms with E-state index < -0.39 is 6.10 Å². The Kier molecular flexibility index (Phi) is 50.5. The summed E-state index contributed by atoms with van der Waals surface area (Å²) in [6, 6.07) is 0. The van der Waals surface area contributed by atoms with Crippen LogP contribution in [0.25, 0.3) is 0 Å². The summed E-state index contributed by atoms with van der Waals surface area (Å²) in [4.78, 5) is 24.4. The van der Waals surface area contributed by atoms with Crippen molar-refractivity contribution in [3.63, 3.8) is 0 Å². The van der Waals surface area contributed by atoms with E-state index >= 15 is 0 Å². The maximum absolute atomic E-state index is 12.3. The van der Waals surface area contributed by atoms with Gasteiger partial charge in [0, 0.05) is 12.8 Å². The van der Waals surface area contributed by atoms with Crippen LogP contribution in [0, 0.1) is 0 Å². The first-order valence-corrected chi connectivity index (χ1v) is 26.1. The van der Waals surface area contributed by atoms with Crippen LogP contribution >= 0.6 is 0 Å². The van der Waals surface area contributed by atoms with Crippen molar-refractivity contribution in [2.75, 3.05) is 13.2 Å². The lowest BCUT2D eigenvalue weighted by Gasteiger charge is -2.15. The van der Waals surface area contributed by atoms with Crippen LogP contribution in [0.15, 0.2) is 122 Å². The summed E-state index contributed by atoms with van der Waals surface area (Å²) >= 11 is 0. The van der Waals surface area contributed by atoms with Crippen LogP contribution in [-0.2, 0) is 19.1 Å². The van der Waals surface area contributed by atoms with Crippen molar-refractivity contribution in [2.24, 2.45) is 0 Å². The summed E-state index contributed by atoms with van der Waals surface area (Å²) in [6.45, 7) is 4.00. The Hall–Kier alpha value is -3.70. The first-order chi connectivity index (χ1) is 31.6. The van der Waals surface area contributed by atoms with Crippen LogP contribution in [0.2, 0.25) is 0 Å². The lowest BCUT2D eigenvalue weighted by atomic mass is 10.1. The van der Waals surface area contributed by atoms with Gasteiger partial charge >= 0.3 is 11.9 Å². The third-order valence-electron chi connectivity index (χ3n) is 10.7. The third kappa shape index (κ3) is 50.9.